The molecule has 103 heavy (non-hydrogen) atoms. The van der Waals surface area contributed by atoms with E-state index in [0.29, 0.717) is 5.56 Å². The quantitative estimate of drug-likeness (QED) is 0.152. The van der Waals surface area contributed by atoms with Gasteiger partial charge in [-0.05, 0) is 194 Å². The van der Waals surface area contributed by atoms with Crippen molar-refractivity contribution < 1.29 is 0 Å². The molecule has 9 nitrogen and oxygen atoms in total. The van der Waals surface area contributed by atoms with Crippen molar-refractivity contribution in [2.75, 3.05) is 4.90 Å². The molecule has 1 atom stereocenters. The van der Waals surface area contributed by atoms with Crippen LogP contribution in [-0.2, 0) is 16.2 Å². The second kappa shape index (κ2) is 23.0. The number of nitrogens with zero attached hydrogens (tertiary/aromatic N) is 9. The van der Waals surface area contributed by atoms with Crippen molar-refractivity contribution in [2.45, 2.75) is 105 Å². The molecule has 0 spiro atoms. The van der Waals surface area contributed by atoms with Crippen LogP contribution in [0.25, 0.3) is 145 Å². The number of benzene rings is 12. The maximum absolute atomic E-state index is 13.2. The normalized spacial score (nSPS) is 14.3. The Morgan fingerprint density at radius 2 is 0.786 bits per heavy atom. The molecule has 18 rings (SSSR count). The molecule has 0 aliphatic carbocycles. The smallest absolute Gasteiger partial charge is 0.220 e. The van der Waals surface area contributed by atoms with Gasteiger partial charge in [0, 0.05) is 50.4 Å². The van der Waals surface area contributed by atoms with Gasteiger partial charge in [0.15, 0.2) is 0 Å². The molecule has 1 aliphatic rings. The molecular weight excluding hydrogens is 1260 g/mol. The number of fused-ring (bicyclic) bond motifs is 14. The van der Waals surface area contributed by atoms with Crippen LogP contribution in [0, 0.1) is 16.7 Å². The van der Waals surface area contributed by atoms with Crippen molar-refractivity contribution in [2.24, 2.45) is 5.41 Å². The average Bonchev–Trinajstić information content (AvgIpc) is 1.62. The molecule has 0 amide bonds. The van der Waals surface area contributed by atoms with Gasteiger partial charge in [-0.2, -0.15) is 5.26 Å². The third kappa shape index (κ3) is 10.1. The van der Waals surface area contributed by atoms with Crippen LogP contribution in [0.5, 0.6) is 0 Å². The van der Waals surface area contributed by atoms with Crippen LogP contribution >= 0.6 is 0 Å². The first kappa shape index (κ1) is 63.2. The van der Waals surface area contributed by atoms with Gasteiger partial charge in [0.2, 0.25) is 11.6 Å². The summed E-state index contributed by atoms with van der Waals surface area (Å²) >= 11 is 0. The Hall–Kier alpha value is -12.0. The van der Waals surface area contributed by atoms with Crippen LogP contribution in [0.2, 0.25) is 0 Å². The molecule has 6 heterocycles. The first-order chi connectivity index (χ1) is 49.6. The van der Waals surface area contributed by atoms with Crippen molar-refractivity contribution >= 4 is 94.9 Å². The predicted octanol–water partition coefficient (Wildman–Crippen LogP) is 24.3. The Morgan fingerprint density at radius 3 is 1.24 bits per heavy atom. The lowest BCUT2D eigenvalue weighted by Crippen LogP contribution is -2.40. The maximum atomic E-state index is 13.2. The number of imidazole rings is 4. The summed E-state index contributed by atoms with van der Waals surface area (Å²) in [5.41, 5.74) is 27.3. The van der Waals surface area contributed by atoms with Gasteiger partial charge in [-0.3, -0.25) is 17.9 Å². The first-order valence-electron chi connectivity index (χ1n) is 36.1. The standard InChI is InChI=1S/C94H81N9/c1-58-94(11,12)48-47-65-49-66(91(2,3)4)37-44-78(65)98(58)87-71(63-33-40-76-83(52-63)102-85-50-61(59-25-17-13-18-26-59)35-42-81(85)99(89(102)96-76)69-29-21-15-22-30-69)56-72(88(75(87)57-95)101-79-45-38-67(92(5,6)7)54-73(79)74-55-68(93(8,9)10)39-46-80(74)101)64-34-41-77-84(53-64)103-86-51-62(60-27-19-14-20-28-60)36-43-82(86)100(90(103)97-77)70-31-23-16-24-32-70/h13-56,58H,1-12H3. The molecule has 9 heteroatoms. The molecule has 0 radical (unpaired) electrons. The highest BCUT2D eigenvalue weighted by molar-refractivity contribution is 6.12. The van der Waals surface area contributed by atoms with Gasteiger partial charge >= 0.3 is 0 Å². The number of rotatable bonds is 8. The number of para-hydroxylation sites is 2. The van der Waals surface area contributed by atoms with Crippen molar-refractivity contribution in [3.8, 4) is 67.6 Å². The van der Waals surface area contributed by atoms with E-state index in [1.54, 1.807) is 0 Å². The minimum atomic E-state index is -0.404. The summed E-state index contributed by atoms with van der Waals surface area (Å²) in [6, 6.07) is 96.0. The summed E-state index contributed by atoms with van der Waals surface area (Å²) in [4.78, 5) is 13.7. The highest BCUT2D eigenvalue weighted by Crippen LogP contribution is 2.53. The lowest BCUT2D eigenvalue weighted by Gasteiger charge is -2.41. The molecule has 17 aromatic rings. The van der Waals surface area contributed by atoms with E-state index < -0.39 is 5.41 Å². The minimum Gasteiger partial charge on any atom is -0.336 e. The van der Waals surface area contributed by atoms with E-state index >= 15 is 0 Å². The van der Waals surface area contributed by atoms with Gasteiger partial charge in [0.25, 0.3) is 0 Å². The van der Waals surface area contributed by atoms with Gasteiger partial charge in [0.1, 0.15) is 11.6 Å². The van der Waals surface area contributed by atoms with Crippen LogP contribution in [0.1, 0.15) is 111 Å². The molecule has 5 aromatic heterocycles. The fraction of sp³-hybridized carbons (Fsp3) is 0.181. The second-order valence-electron chi connectivity index (χ2n) is 32.1. The van der Waals surface area contributed by atoms with E-state index in [2.05, 4.69) is 383 Å². The molecule has 0 N–H and O–H groups in total. The zero-order valence-electron chi connectivity index (χ0n) is 60.5. The van der Waals surface area contributed by atoms with Crippen molar-refractivity contribution in [3.63, 3.8) is 0 Å². The van der Waals surface area contributed by atoms with Gasteiger partial charge in [0.05, 0.1) is 66.5 Å². The zero-order valence-corrected chi connectivity index (χ0v) is 60.5. The van der Waals surface area contributed by atoms with Gasteiger partial charge in [-0.15, -0.1) is 0 Å². The lowest BCUT2D eigenvalue weighted by atomic mass is 9.83. The Balaban J connectivity index is 1.01. The minimum absolute atomic E-state index is 0.129. The maximum Gasteiger partial charge on any atom is 0.220 e. The molecular formula is C94H81N9. The summed E-state index contributed by atoms with van der Waals surface area (Å²) in [5.74, 6) is 1.62. The van der Waals surface area contributed by atoms with Crippen molar-refractivity contribution in [3.05, 3.63) is 289 Å². The average molecular weight is 1340 g/mol. The largest absolute Gasteiger partial charge is 0.336 e. The summed E-state index contributed by atoms with van der Waals surface area (Å²) in [6.45, 7) is 27.7. The lowest BCUT2D eigenvalue weighted by molar-refractivity contribution is 0.393. The second-order valence-corrected chi connectivity index (χ2v) is 32.1. The predicted molar refractivity (Wildman–Crippen MR) is 430 cm³/mol. The zero-order chi connectivity index (χ0) is 70.8. The fourth-order valence-electron chi connectivity index (χ4n) is 16.1. The van der Waals surface area contributed by atoms with Crippen LogP contribution < -0.4 is 4.90 Å². The van der Waals surface area contributed by atoms with E-state index in [0.717, 1.165) is 156 Å². The third-order valence-corrected chi connectivity index (χ3v) is 22.1. The molecule has 0 fully saturated rings. The number of hydrogen-bond acceptors (Lipinski definition) is 4. The van der Waals surface area contributed by atoms with E-state index in [4.69, 9.17) is 9.97 Å². The SMILES string of the molecule is CC1N(c2c(-c3ccc4nc5n(-c6ccccc6)c6ccc(-c7ccccc7)cc6n5c4c3)cc(-c3ccc4nc5n(-c6ccccc6)c6ccc(-c7ccccc7)cc6n5c4c3)c(-n3c4ccc(C(C)(C)C)cc4c4cc(C(C)(C)C)ccc43)c2C#N)c2ccc(C(C)(C)C)cc2C=CC1(C)C. The Labute approximate surface area is 601 Å². The first-order valence-corrected chi connectivity index (χ1v) is 36.1. The highest BCUT2D eigenvalue weighted by atomic mass is 15.2. The number of anilines is 2. The van der Waals surface area contributed by atoms with Crippen LogP contribution in [0.4, 0.5) is 11.4 Å². The molecule has 1 aliphatic heterocycles. The van der Waals surface area contributed by atoms with Gasteiger partial charge < -0.3 is 9.47 Å². The number of aromatic nitrogens is 7. The summed E-state index contributed by atoms with van der Waals surface area (Å²) in [6.07, 6.45) is 4.71. The van der Waals surface area contributed by atoms with Crippen LogP contribution in [0.3, 0.4) is 0 Å². The summed E-state index contributed by atoms with van der Waals surface area (Å²) in [5, 5.41) is 15.5. The molecule has 0 saturated heterocycles. The Kier molecular flexibility index (Phi) is 14.1. The molecule has 0 saturated carbocycles. The van der Waals surface area contributed by atoms with Crippen molar-refractivity contribution in [1.82, 2.24) is 32.5 Å². The highest BCUT2D eigenvalue weighted by Gasteiger charge is 2.39. The van der Waals surface area contributed by atoms with Crippen LogP contribution in [0.15, 0.2) is 261 Å². The Morgan fingerprint density at radius 1 is 0.379 bits per heavy atom. The van der Waals surface area contributed by atoms with E-state index in [1.807, 2.05) is 0 Å². The number of hydrogen-bond donors (Lipinski definition) is 0. The van der Waals surface area contributed by atoms with Gasteiger partial charge in [-0.1, -0.05) is 228 Å². The molecule has 12 aromatic carbocycles. The molecule has 1 unspecified atom stereocenters. The van der Waals surface area contributed by atoms with Crippen LogP contribution in [-0.4, -0.2) is 38.5 Å². The van der Waals surface area contributed by atoms with E-state index in [-0.39, 0.29) is 22.3 Å². The fourth-order valence-corrected chi connectivity index (χ4v) is 16.1. The van der Waals surface area contributed by atoms with E-state index in [9.17, 15) is 5.26 Å². The molecule has 502 valence electrons. The van der Waals surface area contributed by atoms with Crippen molar-refractivity contribution in [1.29, 1.82) is 5.26 Å². The third-order valence-electron chi connectivity index (χ3n) is 22.1. The summed E-state index contributed by atoms with van der Waals surface area (Å²) in [7, 11) is 0. The molecule has 0 bridgehead atoms. The monoisotopic (exact) mass is 1340 g/mol. The summed E-state index contributed by atoms with van der Waals surface area (Å²) < 4.78 is 11.7. The Bertz CT molecular complexity index is 6330. The topological polar surface area (TPSA) is 76.4 Å². The van der Waals surface area contributed by atoms with Gasteiger partial charge in [-0.25, -0.2) is 9.97 Å². The van der Waals surface area contributed by atoms with E-state index in [1.165, 1.54) is 16.7 Å². The number of nitriles is 1.